The number of hydrogen-bond donors (Lipinski definition) is 0. The minimum Gasteiger partial charge on any atom is -0.198 e. The fourth-order valence-electron chi connectivity index (χ4n) is 3.06. The van der Waals surface area contributed by atoms with Gasteiger partial charge in [-0.2, -0.15) is 4.57 Å². The Kier molecular flexibility index (Phi) is 5.98. The number of nitrogens with zero attached hydrogens (tertiary/aromatic N) is 1. The zero-order valence-electron chi connectivity index (χ0n) is 13.7. The van der Waals surface area contributed by atoms with Crippen molar-refractivity contribution in [3.05, 3.63) is 65.5 Å². The lowest BCUT2D eigenvalue weighted by molar-refractivity contribution is -0.714. The Labute approximate surface area is 129 Å². The normalized spacial score (nSPS) is 12.3. The molecule has 0 amide bonds. The first-order valence-corrected chi connectivity index (χ1v) is 8.37. The predicted molar refractivity (Wildman–Crippen MR) is 89.5 cm³/mol. The molecule has 0 saturated heterocycles. The van der Waals surface area contributed by atoms with Crippen molar-refractivity contribution in [1.29, 1.82) is 0 Å². The van der Waals surface area contributed by atoms with E-state index < -0.39 is 0 Å². The summed E-state index contributed by atoms with van der Waals surface area (Å²) in [6.45, 7) is 6.79. The molecular formula is C20H28N+. The van der Waals surface area contributed by atoms with Crippen molar-refractivity contribution in [2.45, 2.75) is 58.9 Å². The molecule has 0 aliphatic carbocycles. The Balaban J connectivity index is 2.39. The van der Waals surface area contributed by atoms with Crippen LogP contribution >= 0.6 is 0 Å². The van der Waals surface area contributed by atoms with Gasteiger partial charge in [0.15, 0.2) is 18.4 Å². The molecule has 112 valence electrons. The van der Waals surface area contributed by atoms with E-state index in [9.17, 15) is 0 Å². The molecule has 0 N–H and O–H groups in total. The van der Waals surface area contributed by atoms with E-state index in [0.717, 1.165) is 6.42 Å². The van der Waals surface area contributed by atoms with Crippen molar-refractivity contribution >= 4 is 0 Å². The van der Waals surface area contributed by atoms with Crippen LogP contribution in [0.15, 0.2) is 48.8 Å². The number of pyridine rings is 1. The van der Waals surface area contributed by atoms with E-state index in [1.54, 1.807) is 0 Å². The molecule has 1 heteroatoms. The molecule has 21 heavy (non-hydrogen) atoms. The van der Waals surface area contributed by atoms with Crippen LogP contribution in [0.4, 0.5) is 0 Å². The number of aryl methyl sites for hydroxylation is 2. The molecular weight excluding hydrogens is 254 g/mol. The monoisotopic (exact) mass is 282 g/mol. The van der Waals surface area contributed by atoms with E-state index in [0.29, 0.717) is 6.04 Å². The smallest absolute Gasteiger partial charge is 0.183 e. The average molecular weight is 282 g/mol. The maximum absolute atomic E-state index is 2.44. The second-order valence-corrected chi connectivity index (χ2v) is 5.83. The maximum Gasteiger partial charge on any atom is 0.183 e. The highest BCUT2D eigenvalue weighted by molar-refractivity contribution is 5.19. The van der Waals surface area contributed by atoms with Crippen molar-refractivity contribution in [2.24, 2.45) is 0 Å². The maximum atomic E-state index is 2.44. The number of hydrogen-bond acceptors (Lipinski definition) is 0. The van der Waals surface area contributed by atoms with Crippen molar-refractivity contribution in [3.63, 3.8) is 0 Å². The molecule has 1 aromatic heterocycles. The summed E-state index contributed by atoms with van der Waals surface area (Å²) in [5.41, 5.74) is 4.34. The van der Waals surface area contributed by atoms with Crippen LogP contribution in [-0.2, 0) is 12.8 Å². The lowest BCUT2D eigenvalue weighted by atomic mass is 10.0. The fraction of sp³-hybridized carbons (Fsp3) is 0.450. The first-order chi connectivity index (χ1) is 10.3. The van der Waals surface area contributed by atoms with Gasteiger partial charge in [0.2, 0.25) is 0 Å². The lowest BCUT2D eigenvalue weighted by Gasteiger charge is -2.13. The molecule has 0 aliphatic rings. The molecule has 1 atom stereocenters. The van der Waals surface area contributed by atoms with E-state index in [1.807, 2.05) is 0 Å². The van der Waals surface area contributed by atoms with Gasteiger partial charge in [0, 0.05) is 23.1 Å². The molecule has 0 spiro atoms. The molecule has 2 rings (SSSR count). The summed E-state index contributed by atoms with van der Waals surface area (Å²) >= 11 is 0. The number of benzene rings is 1. The Morgan fingerprint density at radius 3 is 1.90 bits per heavy atom. The summed E-state index contributed by atoms with van der Waals surface area (Å²) in [5, 5.41) is 0. The molecule has 1 heterocycles. The minimum atomic E-state index is 0.443. The summed E-state index contributed by atoms with van der Waals surface area (Å²) in [7, 11) is 0. The van der Waals surface area contributed by atoms with Gasteiger partial charge in [0.1, 0.15) is 0 Å². The SMILES string of the molecule is CCCc1cc(CCC)c[n+](C(CC)c2ccccc2)c1. The first kappa shape index (κ1) is 15.8. The zero-order valence-corrected chi connectivity index (χ0v) is 13.7. The van der Waals surface area contributed by atoms with Crippen LogP contribution in [0.3, 0.4) is 0 Å². The van der Waals surface area contributed by atoms with Gasteiger partial charge in [0.05, 0.1) is 0 Å². The van der Waals surface area contributed by atoms with Crippen LogP contribution in [0, 0.1) is 0 Å². The van der Waals surface area contributed by atoms with Gasteiger partial charge in [-0.3, -0.25) is 0 Å². The van der Waals surface area contributed by atoms with Crippen molar-refractivity contribution in [2.75, 3.05) is 0 Å². The largest absolute Gasteiger partial charge is 0.198 e. The average Bonchev–Trinajstić information content (AvgIpc) is 2.50. The highest BCUT2D eigenvalue weighted by Crippen LogP contribution is 2.17. The summed E-state index contributed by atoms with van der Waals surface area (Å²) in [5.74, 6) is 0. The van der Waals surface area contributed by atoms with E-state index in [4.69, 9.17) is 0 Å². The van der Waals surface area contributed by atoms with E-state index in [2.05, 4.69) is 74.1 Å². The highest BCUT2D eigenvalue weighted by atomic mass is 15.0. The molecule has 1 nitrogen and oxygen atoms in total. The summed E-state index contributed by atoms with van der Waals surface area (Å²) < 4.78 is 2.44. The quantitative estimate of drug-likeness (QED) is 0.637. The third-order valence-electron chi connectivity index (χ3n) is 4.01. The summed E-state index contributed by atoms with van der Waals surface area (Å²) in [6.07, 6.45) is 10.6. The number of aromatic nitrogens is 1. The van der Waals surface area contributed by atoms with Gasteiger partial charge < -0.3 is 0 Å². The Morgan fingerprint density at radius 2 is 1.43 bits per heavy atom. The van der Waals surface area contributed by atoms with Crippen LogP contribution in [0.2, 0.25) is 0 Å². The fourth-order valence-corrected chi connectivity index (χ4v) is 3.06. The number of rotatable bonds is 7. The molecule has 1 aromatic carbocycles. The molecule has 0 fully saturated rings. The zero-order chi connectivity index (χ0) is 15.1. The van der Waals surface area contributed by atoms with Gasteiger partial charge in [0.25, 0.3) is 0 Å². The van der Waals surface area contributed by atoms with Crippen LogP contribution in [0.1, 0.15) is 62.8 Å². The van der Waals surface area contributed by atoms with E-state index in [1.165, 1.54) is 42.4 Å². The molecule has 0 bridgehead atoms. The van der Waals surface area contributed by atoms with Gasteiger partial charge in [-0.05, 0) is 18.9 Å². The van der Waals surface area contributed by atoms with Crippen LogP contribution in [-0.4, -0.2) is 0 Å². The molecule has 0 aliphatic heterocycles. The van der Waals surface area contributed by atoms with Crippen molar-refractivity contribution in [3.8, 4) is 0 Å². The molecule has 0 radical (unpaired) electrons. The van der Waals surface area contributed by atoms with Crippen molar-refractivity contribution in [1.82, 2.24) is 0 Å². The van der Waals surface area contributed by atoms with E-state index >= 15 is 0 Å². The molecule has 1 unspecified atom stereocenters. The standard InChI is InChI=1S/C20H28N/c1-4-10-17-14-18(11-5-2)16-21(15-17)20(6-3)19-12-8-7-9-13-19/h7-9,12-16,20H,4-6,10-11H2,1-3H3/q+1. The Hall–Kier alpha value is -1.63. The van der Waals surface area contributed by atoms with Gasteiger partial charge in [-0.25, -0.2) is 0 Å². The summed E-state index contributed by atoms with van der Waals surface area (Å²) in [6, 6.07) is 13.7. The molecule has 2 aromatic rings. The Morgan fingerprint density at radius 1 is 0.857 bits per heavy atom. The second-order valence-electron chi connectivity index (χ2n) is 5.83. The predicted octanol–water partition coefficient (Wildman–Crippen LogP) is 4.88. The van der Waals surface area contributed by atoms with Crippen LogP contribution in [0.25, 0.3) is 0 Å². The second kappa shape index (κ2) is 7.97. The van der Waals surface area contributed by atoms with Gasteiger partial charge in [-0.1, -0.05) is 63.9 Å². The topological polar surface area (TPSA) is 3.88 Å². The lowest BCUT2D eigenvalue weighted by Crippen LogP contribution is -2.40. The molecule has 0 saturated carbocycles. The Bertz CT molecular complexity index is 521. The van der Waals surface area contributed by atoms with Gasteiger partial charge in [-0.15, -0.1) is 0 Å². The van der Waals surface area contributed by atoms with Crippen LogP contribution in [0.5, 0.6) is 0 Å². The minimum absolute atomic E-state index is 0.443. The highest BCUT2D eigenvalue weighted by Gasteiger charge is 2.20. The summed E-state index contributed by atoms with van der Waals surface area (Å²) in [4.78, 5) is 0. The van der Waals surface area contributed by atoms with Crippen molar-refractivity contribution < 1.29 is 4.57 Å². The van der Waals surface area contributed by atoms with Gasteiger partial charge >= 0.3 is 0 Å². The van der Waals surface area contributed by atoms with Crippen LogP contribution < -0.4 is 4.57 Å². The third kappa shape index (κ3) is 4.17. The first-order valence-electron chi connectivity index (χ1n) is 8.37. The third-order valence-corrected chi connectivity index (χ3v) is 4.01. The van der Waals surface area contributed by atoms with E-state index in [-0.39, 0.29) is 0 Å².